The first-order valence-corrected chi connectivity index (χ1v) is 7.05. The first-order chi connectivity index (χ1) is 9.94. The van der Waals surface area contributed by atoms with Gasteiger partial charge in [-0.25, -0.2) is 9.78 Å². The highest BCUT2D eigenvalue weighted by Gasteiger charge is 2.08. The van der Waals surface area contributed by atoms with Crippen molar-refractivity contribution in [2.75, 3.05) is 10.6 Å². The SMILES string of the molecule is Cc1cnc(Cl)cc1NC(=O)Nc1ccn(CC(C)C)n1. The Morgan fingerprint density at radius 3 is 2.90 bits per heavy atom. The molecule has 0 atom stereocenters. The summed E-state index contributed by atoms with van der Waals surface area (Å²) in [5.41, 5.74) is 1.45. The fourth-order valence-electron chi connectivity index (χ4n) is 1.81. The topological polar surface area (TPSA) is 71.8 Å². The van der Waals surface area contributed by atoms with E-state index in [2.05, 4.69) is 34.6 Å². The van der Waals surface area contributed by atoms with E-state index in [4.69, 9.17) is 11.6 Å². The van der Waals surface area contributed by atoms with E-state index in [9.17, 15) is 4.79 Å². The Balaban J connectivity index is 1.98. The molecule has 0 spiro atoms. The van der Waals surface area contributed by atoms with Crippen molar-refractivity contribution >= 4 is 29.1 Å². The summed E-state index contributed by atoms with van der Waals surface area (Å²) in [6, 6.07) is 3.00. The lowest BCUT2D eigenvalue weighted by Crippen LogP contribution is -2.20. The van der Waals surface area contributed by atoms with Crippen molar-refractivity contribution in [1.29, 1.82) is 0 Å². The average molecular weight is 308 g/mol. The maximum absolute atomic E-state index is 11.9. The summed E-state index contributed by atoms with van der Waals surface area (Å²) < 4.78 is 1.80. The number of pyridine rings is 1. The molecule has 2 aromatic heterocycles. The Kier molecular flexibility index (Phi) is 4.80. The molecule has 7 heteroatoms. The molecule has 112 valence electrons. The smallest absolute Gasteiger partial charge is 0.307 e. The fraction of sp³-hybridized carbons (Fsp3) is 0.357. The number of nitrogens with one attached hydrogen (secondary N) is 2. The van der Waals surface area contributed by atoms with Crippen LogP contribution in [0.2, 0.25) is 5.15 Å². The fourth-order valence-corrected chi connectivity index (χ4v) is 1.96. The molecule has 0 unspecified atom stereocenters. The van der Waals surface area contributed by atoms with Gasteiger partial charge in [0.2, 0.25) is 0 Å². The third-order valence-electron chi connectivity index (χ3n) is 2.75. The number of carbonyl (C=O) groups is 1. The van der Waals surface area contributed by atoms with Crippen molar-refractivity contribution in [2.45, 2.75) is 27.3 Å². The second-order valence-electron chi connectivity index (χ2n) is 5.22. The van der Waals surface area contributed by atoms with E-state index in [0.717, 1.165) is 12.1 Å². The highest BCUT2D eigenvalue weighted by atomic mass is 35.5. The highest BCUT2D eigenvalue weighted by molar-refractivity contribution is 6.29. The number of halogens is 1. The number of anilines is 2. The van der Waals surface area contributed by atoms with Crippen molar-refractivity contribution < 1.29 is 4.79 Å². The minimum absolute atomic E-state index is 0.331. The number of hydrogen-bond acceptors (Lipinski definition) is 3. The van der Waals surface area contributed by atoms with E-state index in [1.165, 1.54) is 0 Å². The van der Waals surface area contributed by atoms with Crippen molar-refractivity contribution in [3.8, 4) is 0 Å². The Labute approximate surface area is 128 Å². The molecular weight excluding hydrogens is 290 g/mol. The number of nitrogens with zero attached hydrogens (tertiary/aromatic N) is 3. The molecule has 0 fully saturated rings. The highest BCUT2D eigenvalue weighted by Crippen LogP contribution is 2.17. The quantitative estimate of drug-likeness (QED) is 0.849. The van der Waals surface area contributed by atoms with Crippen LogP contribution in [-0.4, -0.2) is 20.8 Å². The van der Waals surface area contributed by atoms with Gasteiger partial charge in [-0.2, -0.15) is 5.10 Å². The first kappa shape index (κ1) is 15.3. The molecule has 0 aromatic carbocycles. The van der Waals surface area contributed by atoms with E-state index in [1.54, 1.807) is 23.0 Å². The zero-order valence-corrected chi connectivity index (χ0v) is 13.0. The van der Waals surface area contributed by atoms with Crippen LogP contribution < -0.4 is 10.6 Å². The summed E-state index contributed by atoms with van der Waals surface area (Å²) in [7, 11) is 0. The number of urea groups is 1. The normalized spacial score (nSPS) is 10.7. The maximum atomic E-state index is 11.9. The van der Waals surface area contributed by atoms with Gasteiger partial charge >= 0.3 is 6.03 Å². The molecule has 2 rings (SSSR count). The van der Waals surface area contributed by atoms with Crippen molar-refractivity contribution in [3.05, 3.63) is 35.2 Å². The van der Waals surface area contributed by atoms with E-state index < -0.39 is 0 Å². The van der Waals surface area contributed by atoms with Crippen molar-refractivity contribution in [3.63, 3.8) is 0 Å². The van der Waals surface area contributed by atoms with Gasteiger partial charge in [-0.3, -0.25) is 10.00 Å². The predicted molar refractivity (Wildman–Crippen MR) is 83.7 cm³/mol. The minimum Gasteiger partial charge on any atom is -0.307 e. The second kappa shape index (κ2) is 6.58. The average Bonchev–Trinajstić information content (AvgIpc) is 2.80. The molecule has 0 aliphatic carbocycles. The molecule has 2 N–H and O–H groups in total. The first-order valence-electron chi connectivity index (χ1n) is 6.67. The van der Waals surface area contributed by atoms with Gasteiger partial charge < -0.3 is 5.32 Å². The molecule has 0 aliphatic heterocycles. The van der Waals surface area contributed by atoms with E-state index in [1.807, 2.05) is 13.1 Å². The summed E-state index contributed by atoms with van der Waals surface area (Å²) in [6.45, 7) is 6.87. The van der Waals surface area contributed by atoms with Gasteiger partial charge in [0.25, 0.3) is 0 Å². The van der Waals surface area contributed by atoms with Gasteiger partial charge in [0, 0.05) is 30.7 Å². The van der Waals surface area contributed by atoms with Crippen LogP contribution in [0.3, 0.4) is 0 Å². The molecule has 0 saturated carbocycles. The second-order valence-corrected chi connectivity index (χ2v) is 5.61. The number of rotatable bonds is 4. The molecular formula is C14H18ClN5O. The third kappa shape index (κ3) is 4.46. The van der Waals surface area contributed by atoms with E-state index in [0.29, 0.717) is 22.6 Å². The van der Waals surface area contributed by atoms with Crippen molar-refractivity contribution in [2.24, 2.45) is 5.92 Å². The van der Waals surface area contributed by atoms with E-state index >= 15 is 0 Å². The zero-order chi connectivity index (χ0) is 15.4. The third-order valence-corrected chi connectivity index (χ3v) is 2.96. The van der Waals surface area contributed by atoms with Crippen LogP contribution in [-0.2, 0) is 6.54 Å². The minimum atomic E-state index is -0.366. The zero-order valence-electron chi connectivity index (χ0n) is 12.2. The van der Waals surface area contributed by atoms with Crippen LogP contribution in [0, 0.1) is 12.8 Å². The predicted octanol–water partition coefficient (Wildman–Crippen LogP) is 3.54. The molecule has 21 heavy (non-hydrogen) atoms. The van der Waals surface area contributed by atoms with Crippen LogP contribution in [0.15, 0.2) is 24.5 Å². The van der Waals surface area contributed by atoms with Crippen molar-refractivity contribution in [1.82, 2.24) is 14.8 Å². The van der Waals surface area contributed by atoms with Gasteiger partial charge in [0.05, 0.1) is 0 Å². The van der Waals surface area contributed by atoms with Crippen LogP contribution in [0.25, 0.3) is 0 Å². The number of hydrogen-bond donors (Lipinski definition) is 2. The number of carbonyl (C=O) groups excluding carboxylic acids is 1. The molecule has 0 bridgehead atoms. The summed E-state index contributed by atoms with van der Waals surface area (Å²) in [5.74, 6) is 0.999. The molecule has 2 amide bonds. The van der Waals surface area contributed by atoms with Gasteiger partial charge in [0.15, 0.2) is 5.82 Å². The van der Waals surface area contributed by atoms with Crippen LogP contribution in [0.1, 0.15) is 19.4 Å². The van der Waals surface area contributed by atoms with Crippen LogP contribution in [0.5, 0.6) is 0 Å². The van der Waals surface area contributed by atoms with Gasteiger partial charge in [-0.05, 0) is 24.5 Å². The van der Waals surface area contributed by atoms with Crippen LogP contribution in [0.4, 0.5) is 16.3 Å². The largest absolute Gasteiger partial charge is 0.324 e. The Bertz CT molecular complexity index is 638. The Morgan fingerprint density at radius 2 is 2.19 bits per heavy atom. The van der Waals surface area contributed by atoms with Crippen LogP contribution >= 0.6 is 11.6 Å². The van der Waals surface area contributed by atoms with Gasteiger partial charge in [-0.15, -0.1) is 0 Å². The summed E-state index contributed by atoms with van der Waals surface area (Å²) in [6.07, 6.45) is 3.44. The summed E-state index contributed by atoms with van der Waals surface area (Å²) in [5, 5.41) is 10.0. The van der Waals surface area contributed by atoms with Gasteiger partial charge in [0.1, 0.15) is 5.15 Å². The lowest BCUT2D eigenvalue weighted by Gasteiger charge is -2.08. The molecule has 0 saturated heterocycles. The number of amides is 2. The number of aryl methyl sites for hydroxylation is 1. The Hall–Kier alpha value is -2.08. The standard InChI is InChI=1S/C14H18ClN5O/c1-9(2)8-20-5-4-13(19-20)18-14(21)17-11-6-12(15)16-7-10(11)3/h4-7,9H,8H2,1-3H3,(H2,16,17,18,19,21). The monoisotopic (exact) mass is 307 g/mol. The molecule has 0 radical (unpaired) electrons. The summed E-state index contributed by atoms with van der Waals surface area (Å²) in [4.78, 5) is 15.9. The number of aromatic nitrogens is 3. The molecule has 6 nitrogen and oxygen atoms in total. The Morgan fingerprint density at radius 1 is 1.43 bits per heavy atom. The molecule has 2 heterocycles. The summed E-state index contributed by atoms with van der Waals surface area (Å²) >= 11 is 5.81. The van der Waals surface area contributed by atoms with Gasteiger partial charge in [-0.1, -0.05) is 25.4 Å². The lowest BCUT2D eigenvalue weighted by atomic mass is 10.2. The lowest BCUT2D eigenvalue weighted by molar-refractivity contribution is 0.262. The van der Waals surface area contributed by atoms with E-state index in [-0.39, 0.29) is 6.03 Å². The maximum Gasteiger partial charge on any atom is 0.324 e. The molecule has 0 aliphatic rings. The molecule has 2 aromatic rings.